The first-order valence-corrected chi connectivity index (χ1v) is 11.4. The maximum Gasteiger partial charge on any atom is 0.269 e. The van der Waals surface area contributed by atoms with Crippen LogP contribution in [0.1, 0.15) is 18.5 Å². The van der Waals surface area contributed by atoms with Crippen molar-refractivity contribution < 1.29 is 24.1 Å². The monoisotopic (exact) mass is 468 g/mol. The molecule has 10 heteroatoms. The highest BCUT2D eigenvalue weighted by Crippen LogP contribution is 2.29. The van der Waals surface area contributed by atoms with E-state index in [1.165, 1.54) is 10.8 Å². The van der Waals surface area contributed by atoms with Crippen molar-refractivity contribution in [3.63, 3.8) is 0 Å². The van der Waals surface area contributed by atoms with Gasteiger partial charge in [-0.1, -0.05) is 0 Å². The summed E-state index contributed by atoms with van der Waals surface area (Å²) in [6, 6.07) is 7.37. The molecular weight excluding hydrogens is 440 g/mol. The lowest BCUT2D eigenvalue weighted by Crippen LogP contribution is -2.45. The van der Waals surface area contributed by atoms with Gasteiger partial charge in [0.05, 0.1) is 61.6 Å². The number of fused-ring (bicyclic) bond motifs is 2. The van der Waals surface area contributed by atoms with E-state index in [0.717, 1.165) is 17.9 Å². The van der Waals surface area contributed by atoms with Crippen LogP contribution in [0.4, 0.5) is 0 Å². The Bertz CT molecular complexity index is 1210. The molecule has 1 fully saturated rings. The number of pyridine rings is 1. The second-order valence-electron chi connectivity index (χ2n) is 8.48. The van der Waals surface area contributed by atoms with Gasteiger partial charge in [-0.25, -0.2) is 4.98 Å². The van der Waals surface area contributed by atoms with Crippen LogP contribution in [0.15, 0.2) is 41.5 Å². The van der Waals surface area contributed by atoms with Gasteiger partial charge in [-0.05, 0) is 25.0 Å². The van der Waals surface area contributed by atoms with Crippen LogP contribution in [0.3, 0.4) is 0 Å². The highest BCUT2D eigenvalue weighted by molar-refractivity contribution is 5.76. The summed E-state index contributed by atoms with van der Waals surface area (Å²) in [5.41, 5.74) is 1.87. The summed E-state index contributed by atoms with van der Waals surface area (Å²) in [5, 5.41) is 14.3. The predicted molar refractivity (Wildman–Crippen MR) is 123 cm³/mol. The minimum atomic E-state index is -0.824. The van der Waals surface area contributed by atoms with Gasteiger partial charge in [0.25, 0.3) is 5.56 Å². The fraction of sp³-hybridized carbons (Fsp3) is 0.458. The van der Waals surface area contributed by atoms with E-state index in [4.69, 9.17) is 18.9 Å². The number of nitrogens with one attached hydrogen (secondary N) is 1. The first-order chi connectivity index (χ1) is 16.6. The summed E-state index contributed by atoms with van der Waals surface area (Å²) in [5.74, 6) is 2.02. The Morgan fingerprint density at radius 2 is 2.03 bits per heavy atom. The molecular formula is C24H28N4O6. The molecule has 0 amide bonds. The van der Waals surface area contributed by atoms with Gasteiger partial charge in [0.1, 0.15) is 19.0 Å². The van der Waals surface area contributed by atoms with Crippen molar-refractivity contribution >= 4 is 11.0 Å². The minimum Gasteiger partial charge on any atom is -0.497 e. The van der Waals surface area contributed by atoms with E-state index >= 15 is 0 Å². The average Bonchev–Trinajstić information content (AvgIpc) is 2.89. The van der Waals surface area contributed by atoms with Crippen LogP contribution in [0.5, 0.6) is 17.2 Å². The standard InChI is InChI=1S/C24H28N4O6/c1-31-17-3-4-18-19(9-17)28(24(30)12-27-18)13-20(29)21-5-2-15(14-34-21)25-10-16-8-22-23(11-26-16)33-7-6-32-22/h3-4,8-9,11-12,15,20-21,25,29H,2,5-7,10,13-14H2,1H3/t15?,20-,21-/m0/s1. The zero-order valence-electron chi connectivity index (χ0n) is 19.0. The van der Waals surface area contributed by atoms with E-state index in [-0.39, 0.29) is 24.2 Å². The number of aliphatic hydroxyl groups excluding tert-OH is 1. The second kappa shape index (κ2) is 9.96. The minimum absolute atomic E-state index is 0.120. The summed E-state index contributed by atoms with van der Waals surface area (Å²) in [6.45, 7) is 2.25. The topological polar surface area (TPSA) is 117 Å². The Morgan fingerprint density at radius 3 is 2.82 bits per heavy atom. The molecule has 0 bridgehead atoms. The molecule has 180 valence electrons. The fourth-order valence-electron chi connectivity index (χ4n) is 4.33. The number of hydrogen-bond acceptors (Lipinski definition) is 9. The van der Waals surface area contributed by atoms with Crippen molar-refractivity contribution in [1.29, 1.82) is 0 Å². The Balaban J connectivity index is 1.17. The van der Waals surface area contributed by atoms with Gasteiger partial charge in [-0.2, -0.15) is 0 Å². The molecule has 0 aliphatic carbocycles. The Labute approximate surface area is 196 Å². The molecule has 4 heterocycles. The number of aliphatic hydroxyl groups is 1. The summed E-state index contributed by atoms with van der Waals surface area (Å²) in [4.78, 5) is 21.1. The van der Waals surface area contributed by atoms with E-state index in [2.05, 4.69) is 15.3 Å². The highest BCUT2D eigenvalue weighted by atomic mass is 16.6. The van der Waals surface area contributed by atoms with E-state index in [1.54, 1.807) is 31.5 Å². The molecule has 10 nitrogen and oxygen atoms in total. The van der Waals surface area contributed by atoms with Crippen molar-refractivity contribution in [2.24, 2.45) is 0 Å². The Morgan fingerprint density at radius 1 is 1.18 bits per heavy atom. The van der Waals surface area contributed by atoms with Crippen molar-refractivity contribution in [3.05, 3.63) is 52.7 Å². The van der Waals surface area contributed by atoms with Crippen molar-refractivity contribution in [2.45, 2.75) is 44.2 Å². The molecule has 2 N–H and O–H groups in total. The summed E-state index contributed by atoms with van der Waals surface area (Å²) >= 11 is 0. The molecule has 2 aliphatic heterocycles. The van der Waals surface area contributed by atoms with Crippen LogP contribution in [-0.2, 0) is 17.8 Å². The van der Waals surface area contributed by atoms with Gasteiger partial charge in [-0.15, -0.1) is 0 Å². The molecule has 3 aromatic rings. The second-order valence-corrected chi connectivity index (χ2v) is 8.48. The number of nitrogens with zero attached hydrogens (tertiary/aromatic N) is 3. The lowest BCUT2D eigenvalue weighted by atomic mass is 10.0. The molecule has 0 spiro atoms. The molecule has 5 rings (SSSR count). The lowest BCUT2D eigenvalue weighted by molar-refractivity contribution is -0.0771. The third kappa shape index (κ3) is 4.84. The van der Waals surface area contributed by atoms with Crippen LogP contribution in [0.25, 0.3) is 11.0 Å². The normalized spacial score (nSPS) is 20.8. The molecule has 34 heavy (non-hydrogen) atoms. The quantitative estimate of drug-likeness (QED) is 0.529. The molecule has 1 unspecified atom stereocenters. The molecule has 2 aromatic heterocycles. The average molecular weight is 469 g/mol. The first-order valence-electron chi connectivity index (χ1n) is 11.4. The van der Waals surface area contributed by atoms with Gasteiger partial charge >= 0.3 is 0 Å². The number of aromatic nitrogens is 3. The van der Waals surface area contributed by atoms with E-state index in [0.29, 0.717) is 55.3 Å². The Hall–Kier alpha value is -3.21. The highest BCUT2D eigenvalue weighted by Gasteiger charge is 2.28. The van der Waals surface area contributed by atoms with Gasteiger partial charge in [0.15, 0.2) is 11.5 Å². The van der Waals surface area contributed by atoms with Gasteiger partial charge < -0.3 is 33.9 Å². The summed E-state index contributed by atoms with van der Waals surface area (Å²) < 4.78 is 23.9. The zero-order chi connectivity index (χ0) is 23.5. The van der Waals surface area contributed by atoms with Crippen molar-refractivity contribution in [3.8, 4) is 17.2 Å². The van der Waals surface area contributed by atoms with Gasteiger partial charge in [-0.3, -0.25) is 9.78 Å². The molecule has 0 radical (unpaired) electrons. The number of rotatable bonds is 7. The van der Waals surface area contributed by atoms with Crippen LogP contribution >= 0.6 is 0 Å². The number of methoxy groups -OCH3 is 1. The molecule has 1 aromatic carbocycles. The van der Waals surface area contributed by atoms with Crippen LogP contribution < -0.4 is 25.1 Å². The van der Waals surface area contributed by atoms with Gasteiger partial charge in [0.2, 0.25) is 0 Å². The predicted octanol–water partition coefficient (Wildman–Crippen LogP) is 1.27. The third-order valence-corrected chi connectivity index (χ3v) is 6.22. The fourth-order valence-corrected chi connectivity index (χ4v) is 4.33. The molecule has 0 saturated carbocycles. The van der Waals surface area contributed by atoms with E-state index in [1.807, 2.05) is 6.07 Å². The lowest BCUT2D eigenvalue weighted by Gasteiger charge is -2.32. The first kappa shape index (κ1) is 22.6. The smallest absolute Gasteiger partial charge is 0.269 e. The van der Waals surface area contributed by atoms with Crippen LogP contribution in [0.2, 0.25) is 0 Å². The summed E-state index contributed by atoms with van der Waals surface area (Å²) in [6.07, 6.45) is 3.30. The maximum atomic E-state index is 12.5. The molecule has 3 atom stereocenters. The SMILES string of the molecule is COc1ccc2ncc(=O)n(C[C@H](O)[C@@H]3CCC(NCc4cc5c(cn4)OCCO5)CO3)c2c1. The summed E-state index contributed by atoms with van der Waals surface area (Å²) in [7, 11) is 1.57. The maximum absolute atomic E-state index is 12.5. The van der Waals surface area contributed by atoms with Crippen LogP contribution in [0, 0.1) is 0 Å². The molecule has 1 saturated heterocycles. The number of benzene rings is 1. The number of hydrogen-bond donors (Lipinski definition) is 2. The van der Waals surface area contributed by atoms with Crippen molar-refractivity contribution in [1.82, 2.24) is 19.9 Å². The van der Waals surface area contributed by atoms with Crippen LogP contribution in [-0.4, -0.2) is 64.8 Å². The molecule has 2 aliphatic rings. The third-order valence-electron chi connectivity index (χ3n) is 6.22. The van der Waals surface area contributed by atoms with Crippen molar-refractivity contribution in [2.75, 3.05) is 26.9 Å². The van der Waals surface area contributed by atoms with E-state index < -0.39 is 6.10 Å². The number of ether oxygens (including phenoxy) is 4. The Kier molecular flexibility index (Phi) is 6.61. The zero-order valence-corrected chi connectivity index (χ0v) is 19.0. The van der Waals surface area contributed by atoms with Gasteiger partial charge in [0, 0.05) is 24.7 Å². The largest absolute Gasteiger partial charge is 0.497 e. The van der Waals surface area contributed by atoms with E-state index in [9.17, 15) is 9.90 Å².